The fourth-order valence-corrected chi connectivity index (χ4v) is 3.32. The quantitative estimate of drug-likeness (QED) is 0.256. The molecule has 1 amide bonds. The highest BCUT2D eigenvalue weighted by Crippen LogP contribution is 2.19. The van der Waals surface area contributed by atoms with E-state index in [1.165, 1.54) is 0 Å². The van der Waals surface area contributed by atoms with Gasteiger partial charge in [0.15, 0.2) is 0 Å². The highest BCUT2D eigenvalue weighted by Gasteiger charge is 2.29. The first-order valence-corrected chi connectivity index (χ1v) is 11.1. The molecule has 1 aromatic heterocycles. The van der Waals surface area contributed by atoms with Crippen LogP contribution in [-0.2, 0) is 16.1 Å². The average molecular weight is 468 g/mol. The molecular weight excluding hydrogens is 434 g/mol. The van der Waals surface area contributed by atoms with Gasteiger partial charge in [0, 0.05) is 6.20 Å². The number of nitrogens with two attached hydrogens (primary N) is 1. The Morgan fingerprint density at radius 3 is 2.41 bits per heavy atom. The topological polar surface area (TPSA) is 135 Å². The number of rotatable bonds is 12. The first-order chi connectivity index (χ1) is 16.3. The van der Waals surface area contributed by atoms with Crippen LogP contribution >= 0.6 is 0 Å². The maximum Gasteiger partial charge on any atom is 0.239 e. The second kappa shape index (κ2) is 11.8. The van der Waals surface area contributed by atoms with Gasteiger partial charge in [-0.1, -0.05) is 60.7 Å². The van der Waals surface area contributed by atoms with Crippen LogP contribution in [0.25, 0.3) is 0 Å². The van der Waals surface area contributed by atoms with Crippen molar-refractivity contribution in [3.63, 3.8) is 0 Å². The number of anilines is 1. The van der Waals surface area contributed by atoms with Gasteiger partial charge in [-0.2, -0.15) is 0 Å². The van der Waals surface area contributed by atoms with Crippen molar-refractivity contribution in [3.05, 3.63) is 84.3 Å². The van der Waals surface area contributed by atoms with Crippen molar-refractivity contribution in [2.24, 2.45) is 5.73 Å². The van der Waals surface area contributed by atoms with E-state index in [0.717, 1.165) is 11.1 Å². The number of benzene rings is 2. The van der Waals surface area contributed by atoms with E-state index in [-0.39, 0.29) is 19.3 Å². The fraction of sp³-hybridized carbons (Fsp3) is 0.360. The lowest BCUT2D eigenvalue weighted by atomic mass is 10.1. The van der Waals surface area contributed by atoms with Crippen molar-refractivity contribution in [2.75, 3.05) is 18.5 Å². The van der Waals surface area contributed by atoms with Crippen LogP contribution in [-0.4, -0.2) is 56.7 Å². The molecule has 2 aromatic carbocycles. The monoisotopic (exact) mass is 467 g/mol. The summed E-state index contributed by atoms with van der Waals surface area (Å²) in [5, 5.41) is 26.4. The molecule has 0 saturated carbocycles. The summed E-state index contributed by atoms with van der Waals surface area (Å²) >= 11 is 0. The van der Waals surface area contributed by atoms with Gasteiger partial charge in [0.2, 0.25) is 5.91 Å². The molecular formula is C25H33N5O4. The number of imidazole rings is 1. The Hall–Kier alpha value is -3.24. The zero-order chi connectivity index (χ0) is 24.6. The molecule has 2 unspecified atom stereocenters. The number of aliphatic hydroxyl groups excluding tert-OH is 2. The van der Waals surface area contributed by atoms with Crippen molar-refractivity contribution in [3.8, 4) is 0 Å². The van der Waals surface area contributed by atoms with E-state index < -0.39 is 23.7 Å². The lowest BCUT2D eigenvalue weighted by Gasteiger charge is -2.28. The lowest BCUT2D eigenvalue weighted by Crippen LogP contribution is -2.57. The predicted octanol–water partition coefficient (Wildman–Crippen LogP) is 1.63. The molecule has 0 saturated heterocycles. The van der Waals surface area contributed by atoms with Gasteiger partial charge in [-0.05, 0) is 25.0 Å². The standard InChI is InChI=1S/C25H33N5O4/c1-25(2,26)24(33)28-20(16-34-15-18-9-5-3-6-10-18)23(32)29-22-13-30(17-27-22)21(14-31)19-11-7-4-8-12-19/h3-13,17,20-21,23,29,31-32H,14-16,26H2,1-2H3,(H,28,33)/t20-,21?,23?/m1/s1. The average Bonchev–Trinajstić information content (AvgIpc) is 3.27. The minimum Gasteiger partial charge on any atom is -0.394 e. The second-order valence-electron chi connectivity index (χ2n) is 8.71. The number of hydrogen-bond donors (Lipinski definition) is 5. The Kier molecular flexibility index (Phi) is 8.78. The molecule has 3 aromatic rings. The van der Waals surface area contributed by atoms with E-state index in [1.54, 1.807) is 30.9 Å². The first kappa shape index (κ1) is 25.4. The minimum absolute atomic E-state index is 0.0505. The Morgan fingerprint density at radius 2 is 1.79 bits per heavy atom. The summed E-state index contributed by atoms with van der Waals surface area (Å²) in [6.07, 6.45) is 2.06. The molecule has 9 heteroatoms. The van der Waals surface area contributed by atoms with Gasteiger partial charge in [0.25, 0.3) is 0 Å². The van der Waals surface area contributed by atoms with E-state index in [9.17, 15) is 15.0 Å². The van der Waals surface area contributed by atoms with Crippen LogP contribution in [0, 0.1) is 0 Å². The zero-order valence-electron chi connectivity index (χ0n) is 19.5. The maximum absolute atomic E-state index is 12.5. The summed E-state index contributed by atoms with van der Waals surface area (Å²) in [6, 6.07) is 18.1. The number of hydrogen-bond acceptors (Lipinski definition) is 7. The summed E-state index contributed by atoms with van der Waals surface area (Å²) in [7, 11) is 0. The predicted molar refractivity (Wildman–Crippen MR) is 130 cm³/mol. The molecule has 0 aliphatic heterocycles. The van der Waals surface area contributed by atoms with Crippen LogP contribution in [0.5, 0.6) is 0 Å². The Balaban J connectivity index is 1.67. The highest BCUT2D eigenvalue weighted by atomic mass is 16.5. The van der Waals surface area contributed by atoms with Gasteiger partial charge in [-0.15, -0.1) is 0 Å². The van der Waals surface area contributed by atoms with Crippen molar-refractivity contribution in [1.29, 1.82) is 0 Å². The van der Waals surface area contributed by atoms with Crippen LogP contribution in [0.4, 0.5) is 5.82 Å². The molecule has 0 aliphatic rings. The third-order valence-electron chi connectivity index (χ3n) is 5.31. The third kappa shape index (κ3) is 7.13. The van der Waals surface area contributed by atoms with Crippen LogP contribution in [0.1, 0.15) is 31.0 Å². The highest BCUT2D eigenvalue weighted by molar-refractivity contribution is 5.85. The molecule has 0 fully saturated rings. The third-order valence-corrected chi connectivity index (χ3v) is 5.31. The number of amides is 1. The van der Waals surface area contributed by atoms with Crippen molar-refractivity contribution < 1.29 is 19.7 Å². The van der Waals surface area contributed by atoms with E-state index in [1.807, 2.05) is 60.7 Å². The number of aromatic nitrogens is 2. The normalized spacial score (nSPS) is 14.3. The van der Waals surface area contributed by atoms with Crippen molar-refractivity contribution in [2.45, 2.75) is 44.3 Å². The summed E-state index contributed by atoms with van der Waals surface area (Å²) in [5.74, 6) is -0.0344. The smallest absolute Gasteiger partial charge is 0.239 e. The van der Waals surface area contributed by atoms with Crippen LogP contribution in [0.15, 0.2) is 73.2 Å². The molecule has 0 spiro atoms. The van der Waals surface area contributed by atoms with Crippen LogP contribution in [0.2, 0.25) is 0 Å². The molecule has 34 heavy (non-hydrogen) atoms. The Labute approximate surface area is 199 Å². The molecule has 6 N–H and O–H groups in total. The largest absolute Gasteiger partial charge is 0.394 e. The van der Waals surface area contributed by atoms with E-state index in [2.05, 4.69) is 15.6 Å². The summed E-state index contributed by atoms with van der Waals surface area (Å²) in [5.41, 5.74) is 6.70. The van der Waals surface area contributed by atoms with Gasteiger partial charge >= 0.3 is 0 Å². The minimum atomic E-state index is -1.20. The summed E-state index contributed by atoms with van der Waals surface area (Å²) in [6.45, 7) is 3.44. The Bertz CT molecular complexity index is 1020. The molecule has 0 radical (unpaired) electrons. The van der Waals surface area contributed by atoms with Crippen LogP contribution in [0.3, 0.4) is 0 Å². The van der Waals surface area contributed by atoms with Gasteiger partial charge in [-0.25, -0.2) is 4.98 Å². The number of ether oxygens (including phenoxy) is 1. The van der Waals surface area contributed by atoms with Gasteiger partial charge < -0.3 is 35.9 Å². The number of nitrogens with one attached hydrogen (secondary N) is 2. The van der Waals surface area contributed by atoms with E-state index in [4.69, 9.17) is 10.5 Å². The van der Waals surface area contributed by atoms with Gasteiger partial charge in [-0.3, -0.25) is 4.79 Å². The first-order valence-electron chi connectivity index (χ1n) is 11.1. The molecule has 1 heterocycles. The number of aliphatic hydroxyl groups is 2. The second-order valence-corrected chi connectivity index (χ2v) is 8.71. The number of nitrogens with zero attached hydrogens (tertiary/aromatic N) is 2. The fourth-order valence-electron chi connectivity index (χ4n) is 3.32. The van der Waals surface area contributed by atoms with Crippen molar-refractivity contribution >= 4 is 11.7 Å². The van der Waals surface area contributed by atoms with Crippen molar-refractivity contribution in [1.82, 2.24) is 14.9 Å². The van der Waals surface area contributed by atoms with E-state index >= 15 is 0 Å². The number of carbonyl (C=O) groups is 1. The molecule has 3 atom stereocenters. The van der Waals surface area contributed by atoms with Gasteiger partial charge in [0.05, 0.1) is 43.8 Å². The molecule has 9 nitrogen and oxygen atoms in total. The van der Waals surface area contributed by atoms with Crippen LogP contribution < -0.4 is 16.4 Å². The molecule has 0 aliphatic carbocycles. The SMILES string of the molecule is CC(C)(N)C(=O)N[C@H](COCc1ccccc1)C(O)Nc1cn(C(CO)c2ccccc2)cn1. The molecule has 182 valence electrons. The zero-order valence-corrected chi connectivity index (χ0v) is 19.5. The lowest BCUT2D eigenvalue weighted by molar-refractivity contribution is -0.127. The van der Waals surface area contributed by atoms with E-state index in [0.29, 0.717) is 12.4 Å². The Morgan fingerprint density at radius 1 is 1.15 bits per heavy atom. The summed E-state index contributed by atoms with van der Waals surface area (Å²) < 4.78 is 7.52. The molecule has 0 bridgehead atoms. The molecule has 3 rings (SSSR count). The maximum atomic E-state index is 12.5. The van der Waals surface area contributed by atoms with Gasteiger partial charge in [0.1, 0.15) is 12.0 Å². The number of carbonyl (C=O) groups excluding carboxylic acids is 1. The summed E-state index contributed by atoms with van der Waals surface area (Å²) in [4.78, 5) is 16.8.